The van der Waals surface area contributed by atoms with Crippen LogP contribution in [-0.2, 0) is 26.3 Å². The van der Waals surface area contributed by atoms with Gasteiger partial charge in [0.25, 0.3) is 11.5 Å². The van der Waals surface area contributed by atoms with E-state index >= 15 is 4.39 Å². The number of fused-ring (bicyclic) bond motifs is 2. The Morgan fingerprint density at radius 3 is 2.37 bits per heavy atom. The molecule has 5 aromatic rings. The van der Waals surface area contributed by atoms with Gasteiger partial charge < -0.3 is 19.4 Å². The number of anilines is 2. The number of aromatic nitrogens is 2. The molecule has 4 saturated heterocycles. The van der Waals surface area contributed by atoms with E-state index in [1.54, 1.807) is 4.90 Å². The number of nitrogens with one attached hydrogen (secondary N) is 2. The smallest absolute Gasteiger partial charge is 0.301 e. The van der Waals surface area contributed by atoms with Gasteiger partial charge in [-0.25, -0.2) is 13.8 Å². The van der Waals surface area contributed by atoms with Gasteiger partial charge in [0.1, 0.15) is 35.9 Å². The van der Waals surface area contributed by atoms with Crippen LogP contribution in [0.15, 0.2) is 83.9 Å². The largest absolute Gasteiger partial charge is 0.453 e. The average molecular weight is 986 g/mol. The maximum absolute atomic E-state index is 15.2. The Labute approximate surface area is 409 Å². The quantitative estimate of drug-likeness (QED) is 0.137. The first-order chi connectivity index (χ1) is 34.2. The van der Waals surface area contributed by atoms with Crippen molar-refractivity contribution in [3.8, 4) is 23.3 Å². The minimum absolute atomic E-state index is 0.0244. The van der Waals surface area contributed by atoms with Crippen molar-refractivity contribution in [2.45, 2.75) is 82.5 Å². The molecule has 1 aromatic heterocycles. The first-order valence-electron chi connectivity index (χ1n) is 24.4. The second-order valence-electron chi connectivity index (χ2n) is 20.2. The highest BCUT2D eigenvalue weighted by molar-refractivity contribution is 7.90. The Kier molecular flexibility index (Phi) is 12.1. The van der Waals surface area contributed by atoms with Crippen molar-refractivity contribution in [1.29, 1.82) is 5.26 Å². The minimum atomic E-state index is -4.24. The zero-order valence-corrected chi connectivity index (χ0v) is 39.8. The van der Waals surface area contributed by atoms with Crippen molar-refractivity contribution in [2.24, 2.45) is 11.3 Å². The summed E-state index contributed by atoms with van der Waals surface area (Å²) in [4.78, 5) is 62.4. The van der Waals surface area contributed by atoms with Gasteiger partial charge in [-0.3, -0.25) is 33.8 Å². The minimum Gasteiger partial charge on any atom is -0.453 e. The summed E-state index contributed by atoms with van der Waals surface area (Å²) >= 11 is 0. The Bertz CT molecular complexity index is 3180. The molecular formula is C52H53F2N9O7S. The summed E-state index contributed by atoms with van der Waals surface area (Å²) in [6.45, 7) is 5.30. The number of halogens is 2. The summed E-state index contributed by atoms with van der Waals surface area (Å²) < 4.78 is 65.3. The molecule has 16 nitrogen and oxygen atoms in total. The van der Waals surface area contributed by atoms with Gasteiger partial charge in [0, 0.05) is 70.0 Å². The number of imide groups is 1. The standard InChI is InChI=1S/C52H53F2N9O7S/c53-36-17-22-61(28-36)71(68,69)58-45-10-8-43(54)48(42(45)25-55)70-39-6-9-44-41(24-39)51(67)63(31-56-44)38-4-2-37(3-5-38)60-20-15-32(16-21-60)26-59-29-52(30-59)18-13-33(14-19-52)34-1-7-40-35(23-34)27-62(50(40)66)46-11-12-47(64)57-49(46)65/h1-10,23-24,31-33,36,46,58H,11-22,26-30H2,(H,57,64,65)/t36-,46-/m1/s1. The molecule has 5 aliphatic heterocycles. The predicted octanol–water partition coefficient (Wildman–Crippen LogP) is 6.53. The van der Waals surface area contributed by atoms with E-state index in [2.05, 4.69) is 37.0 Å². The molecule has 6 heterocycles. The number of rotatable bonds is 11. The SMILES string of the molecule is N#Cc1c(NS(=O)(=O)N2CC[C@@H](F)C2)ccc(F)c1Oc1ccc2ncn(-c3ccc(N4CCC(CN5CC6(CCC(c7ccc8c(c7)CN([C@@H]7CCC(=O)NC7=O)C8=O)CC6)C5)CC4)cc3)c(=O)c2c1. The monoisotopic (exact) mass is 985 g/mol. The van der Waals surface area contributed by atoms with E-state index in [1.165, 1.54) is 47.5 Å². The summed E-state index contributed by atoms with van der Waals surface area (Å²) in [5, 5.41) is 12.5. The average Bonchev–Trinajstić information content (AvgIpc) is 3.95. The van der Waals surface area contributed by atoms with E-state index in [0.29, 0.717) is 47.0 Å². The first-order valence-corrected chi connectivity index (χ1v) is 25.9. The Morgan fingerprint density at radius 2 is 1.65 bits per heavy atom. The molecule has 0 radical (unpaired) electrons. The van der Waals surface area contributed by atoms with Crippen LogP contribution in [0, 0.1) is 28.5 Å². The van der Waals surface area contributed by atoms with Gasteiger partial charge in [-0.15, -0.1) is 0 Å². The lowest BCUT2D eigenvalue weighted by Gasteiger charge is -2.55. The molecule has 0 unspecified atom stereocenters. The van der Waals surface area contributed by atoms with Gasteiger partial charge in [-0.2, -0.15) is 18.0 Å². The van der Waals surface area contributed by atoms with E-state index in [1.807, 2.05) is 36.4 Å². The van der Waals surface area contributed by atoms with E-state index in [9.17, 15) is 37.2 Å². The Morgan fingerprint density at radius 1 is 0.887 bits per heavy atom. The van der Waals surface area contributed by atoms with Crippen molar-refractivity contribution in [1.82, 2.24) is 29.0 Å². The topological polar surface area (TPSA) is 190 Å². The molecule has 2 N–H and O–H groups in total. The Balaban J connectivity index is 0.667. The number of amides is 3. The number of benzene rings is 4. The van der Waals surface area contributed by atoms with Crippen molar-refractivity contribution >= 4 is 50.2 Å². The lowest BCUT2D eigenvalue weighted by atomic mass is 9.64. The van der Waals surface area contributed by atoms with Crippen LogP contribution in [0.3, 0.4) is 0 Å². The second kappa shape index (κ2) is 18.5. The van der Waals surface area contributed by atoms with Crippen LogP contribution >= 0.6 is 0 Å². The summed E-state index contributed by atoms with van der Waals surface area (Å²) in [5.74, 6) is -1.17. The fraction of sp³-hybridized carbons (Fsp3) is 0.423. The molecule has 5 fully saturated rings. The molecule has 3 amide bonds. The fourth-order valence-corrected chi connectivity index (χ4v) is 13.0. The third-order valence-electron chi connectivity index (χ3n) is 15.7. The molecule has 1 aliphatic carbocycles. The van der Waals surface area contributed by atoms with Gasteiger partial charge in [0.15, 0.2) is 11.6 Å². The molecule has 1 saturated carbocycles. The van der Waals surface area contributed by atoms with Crippen LogP contribution in [0.5, 0.6) is 11.5 Å². The number of hydrogen-bond acceptors (Lipinski definition) is 11. The van der Waals surface area contributed by atoms with E-state index in [0.717, 1.165) is 86.1 Å². The van der Waals surface area contributed by atoms with Crippen LogP contribution in [0.2, 0.25) is 0 Å². The number of likely N-dealkylation sites (tertiary alicyclic amines) is 1. The second-order valence-corrected chi connectivity index (χ2v) is 21.8. The number of ether oxygens (including phenoxy) is 1. The first kappa shape index (κ1) is 46.6. The third kappa shape index (κ3) is 9.01. The van der Waals surface area contributed by atoms with Crippen LogP contribution < -0.4 is 25.2 Å². The van der Waals surface area contributed by atoms with Gasteiger partial charge in [0.2, 0.25) is 11.8 Å². The van der Waals surface area contributed by atoms with Crippen molar-refractivity contribution < 1.29 is 36.3 Å². The zero-order valence-electron chi connectivity index (χ0n) is 39.0. The molecule has 6 aliphatic rings. The normalized spacial score (nSPS) is 22.1. The van der Waals surface area contributed by atoms with Gasteiger partial charge in [0.05, 0.1) is 22.3 Å². The maximum Gasteiger partial charge on any atom is 0.301 e. The predicted molar refractivity (Wildman–Crippen MR) is 260 cm³/mol. The van der Waals surface area contributed by atoms with Crippen LogP contribution in [0.1, 0.15) is 90.8 Å². The highest BCUT2D eigenvalue weighted by atomic mass is 32.2. The molecule has 368 valence electrons. The van der Waals surface area contributed by atoms with Crippen molar-refractivity contribution in [2.75, 3.05) is 55.4 Å². The molecule has 4 aromatic carbocycles. The molecular weight excluding hydrogens is 933 g/mol. The highest BCUT2D eigenvalue weighted by Gasteiger charge is 2.46. The summed E-state index contributed by atoms with van der Waals surface area (Å²) in [6.07, 6.45) is 7.61. The maximum atomic E-state index is 15.2. The number of carbonyl (C=O) groups is 3. The number of nitriles is 1. The van der Waals surface area contributed by atoms with E-state index < -0.39 is 45.1 Å². The fourth-order valence-electron chi connectivity index (χ4n) is 11.8. The third-order valence-corrected chi connectivity index (χ3v) is 17.1. The van der Waals surface area contributed by atoms with Crippen LogP contribution in [0.4, 0.5) is 20.2 Å². The van der Waals surface area contributed by atoms with E-state index in [-0.39, 0.29) is 60.5 Å². The Hall–Kier alpha value is -6.75. The van der Waals surface area contributed by atoms with Gasteiger partial charge in [-0.05, 0) is 140 Å². The number of carbonyl (C=O) groups excluding carboxylic acids is 3. The number of nitrogens with zero attached hydrogens (tertiary/aromatic N) is 7. The number of alkyl halides is 1. The number of piperidine rings is 2. The molecule has 19 heteroatoms. The van der Waals surface area contributed by atoms with Crippen LogP contribution in [0.25, 0.3) is 16.6 Å². The molecule has 2 atom stereocenters. The lowest BCUT2D eigenvalue weighted by molar-refractivity contribution is -0.136. The molecule has 0 bridgehead atoms. The highest BCUT2D eigenvalue weighted by Crippen LogP contribution is 2.49. The molecule has 1 spiro atoms. The zero-order chi connectivity index (χ0) is 49.2. The van der Waals surface area contributed by atoms with Crippen molar-refractivity contribution in [3.63, 3.8) is 0 Å². The van der Waals surface area contributed by atoms with E-state index in [4.69, 9.17) is 4.74 Å². The molecule has 11 rings (SSSR count). The lowest BCUT2D eigenvalue weighted by Crippen LogP contribution is -2.58. The van der Waals surface area contributed by atoms with Crippen LogP contribution in [-0.4, -0.2) is 108 Å². The number of hydrogen-bond donors (Lipinski definition) is 2. The van der Waals surface area contributed by atoms with Gasteiger partial charge >= 0.3 is 10.2 Å². The summed E-state index contributed by atoms with van der Waals surface area (Å²) in [5.41, 5.74) is 4.28. The summed E-state index contributed by atoms with van der Waals surface area (Å²) in [6, 6.07) is 21.7. The summed E-state index contributed by atoms with van der Waals surface area (Å²) in [7, 11) is -4.24. The van der Waals surface area contributed by atoms with Crippen molar-refractivity contribution in [3.05, 3.63) is 118 Å². The molecule has 71 heavy (non-hydrogen) atoms. The van der Waals surface area contributed by atoms with Gasteiger partial charge in [-0.1, -0.05) is 12.1 Å².